The van der Waals surface area contributed by atoms with Crippen LogP contribution in [0.25, 0.3) is 22.5 Å². The van der Waals surface area contributed by atoms with Crippen LogP contribution in [-0.2, 0) is 30.2 Å². The lowest BCUT2D eigenvalue weighted by molar-refractivity contribution is -0.130. The largest absolute Gasteiger partial charge is 0.444 e. The van der Waals surface area contributed by atoms with E-state index >= 15 is 0 Å². The van der Waals surface area contributed by atoms with Crippen molar-refractivity contribution in [3.05, 3.63) is 83.4 Å². The van der Waals surface area contributed by atoms with Crippen LogP contribution in [0, 0.1) is 18.8 Å². The number of aliphatic hydroxyl groups is 1. The molecule has 0 aliphatic heterocycles. The van der Waals surface area contributed by atoms with Gasteiger partial charge in [-0.1, -0.05) is 30.3 Å². The predicted octanol–water partition coefficient (Wildman–Crippen LogP) is 4.59. The molecule has 4 amide bonds. The third kappa shape index (κ3) is 14.3. The minimum atomic E-state index is -0.900. The number of aliphatic hydroxyl groups excluding tert-OH is 1. The number of rotatable bonds is 19. The number of nitrogens with zero attached hydrogens (tertiary/aromatic N) is 3. The molecular formula is C43H56N8O8. The molecule has 0 saturated heterocycles. The summed E-state index contributed by atoms with van der Waals surface area (Å²) in [5.41, 5.74) is 4.68. The maximum Gasteiger partial charge on any atom is 0.407 e. The van der Waals surface area contributed by atoms with Crippen molar-refractivity contribution in [3.8, 4) is 22.5 Å². The van der Waals surface area contributed by atoms with Crippen LogP contribution in [-0.4, -0.2) is 107 Å². The minimum Gasteiger partial charge on any atom is -0.444 e. The van der Waals surface area contributed by atoms with Gasteiger partial charge in [-0.3, -0.25) is 14.4 Å². The van der Waals surface area contributed by atoms with Gasteiger partial charge in [0.15, 0.2) is 0 Å². The molecule has 3 aromatic carbocycles. The number of aromatic nitrogens is 4. The average Bonchev–Trinajstić information content (AvgIpc) is 3.76. The molecule has 1 heterocycles. The second kappa shape index (κ2) is 21.9. The first-order chi connectivity index (χ1) is 28.4. The highest BCUT2D eigenvalue weighted by Crippen LogP contribution is 2.30. The third-order valence-electron chi connectivity index (χ3n) is 9.86. The lowest BCUT2D eigenvalue weighted by Gasteiger charge is -2.29. The van der Waals surface area contributed by atoms with E-state index in [0.29, 0.717) is 62.8 Å². The van der Waals surface area contributed by atoms with E-state index in [-0.39, 0.29) is 49.2 Å². The van der Waals surface area contributed by atoms with Crippen LogP contribution in [0.5, 0.6) is 0 Å². The highest BCUT2D eigenvalue weighted by Gasteiger charge is 2.30. The number of ether oxygens (including phenoxy) is 3. The number of carbonyl (C=O) groups is 4. The van der Waals surface area contributed by atoms with E-state index in [1.54, 1.807) is 30.3 Å². The van der Waals surface area contributed by atoms with Crippen LogP contribution in [0.4, 0.5) is 10.5 Å². The molecule has 1 atom stereocenters. The number of alkyl carbamates (subject to hydrolysis) is 1. The van der Waals surface area contributed by atoms with E-state index in [0.717, 1.165) is 40.7 Å². The summed E-state index contributed by atoms with van der Waals surface area (Å²) in [5.74, 6) is -0.435. The molecule has 0 radical (unpaired) electrons. The van der Waals surface area contributed by atoms with Crippen molar-refractivity contribution in [1.82, 2.24) is 36.6 Å². The van der Waals surface area contributed by atoms with Gasteiger partial charge in [0.2, 0.25) is 17.6 Å². The summed E-state index contributed by atoms with van der Waals surface area (Å²) in [4.78, 5) is 53.0. The number of nitrogens with one attached hydrogen (secondary N) is 5. The molecule has 1 aliphatic carbocycles. The van der Waals surface area contributed by atoms with Crippen molar-refractivity contribution in [2.75, 3.05) is 51.4 Å². The van der Waals surface area contributed by atoms with E-state index in [1.807, 2.05) is 64.1 Å². The molecule has 5 rings (SSSR count). The molecule has 1 aliphatic rings. The Morgan fingerprint density at radius 2 is 1.63 bits per heavy atom. The van der Waals surface area contributed by atoms with E-state index < -0.39 is 17.7 Å². The van der Waals surface area contributed by atoms with Crippen molar-refractivity contribution >= 4 is 29.5 Å². The molecular weight excluding hydrogens is 757 g/mol. The van der Waals surface area contributed by atoms with Crippen molar-refractivity contribution in [2.24, 2.45) is 11.8 Å². The summed E-state index contributed by atoms with van der Waals surface area (Å²) >= 11 is 0. The van der Waals surface area contributed by atoms with Gasteiger partial charge in [0.1, 0.15) is 11.6 Å². The second-order valence-corrected chi connectivity index (χ2v) is 15.6. The van der Waals surface area contributed by atoms with Crippen LogP contribution in [0.2, 0.25) is 0 Å². The van der Waals surface area contributed by atoms with Gasteiger partial charge in [-0.25, -0.2) is 4.79 Å². The molecule has 59 heavy (non-hydrogen) atoms. The average molecular weight is 813 g/mol. The number of hydrogen-bond acceptors (Lipinski definition) is 11. The third-order valence-corrected chi connectivity index (χ3v) is 9.86. The first kappa shape index (κ1) is 44.4. The van der Waals surface area contributed by atoms with E-state index in [1.165, 1.54) is 0 Å². The Bertz CT molecular complexity index is 1980. The summed E-state index contributed by atoms with van der Waals surface area (Å²) in [6, 6.07) is 19.4. The fourth-order valence-corrected chi connectivity index (χ4v) is 6.79. The molecule has 6 N–H and O–H groups in total. The number of carbonyl (C=O) groups excluding carboxylic acids is 4. The zero-order valence-electron chi connectivity index (χ0n) is 34.2. The number of benzene rings is 3. The number of aryl methyl sites for hydroxylation is 1. The Balaban J connectivity index is 1.25. The molecule has 0 bridgehead atoms. The number of tetrazole rings is 1. The van der Waals surface area contributed by atoms with Crippen LogP contribution < -0.4 is 21.3 Å². The second-order valence-electron chi connectivity index (χ2n) is 15.6. The van der Waals surface area contributed by atoms with Crippen molar-refractivity contribution in [1.29, 1.82) is 0 Å². The Morgan fingerprint density at radius 3 is 2.32 bits per heavy atom. The highest BCUT2D eigenvalue weighted by molar-refractivity contribution is 5.98. The molecule has 16 heteroatoms. The number of aromatic amines is 1. The molecule has 1 saturated carbocycles. The van der Waals surface area contributed by atoms with Gasteiger partial charge in [0, 0.05) is 42.2 Å². The topological polar surface area (TPSA) is 219 Å². The Hall–Kier alpha value is -5.71. The smallest absolute Gasteiger partial charge is 0.407 e. The minimum absolute atomic E-state index is 0.0438. The van der Waals surface area contributed by atoms with Crippen LogP contribution in [0.3, 0.4) is 0 Å². The quantitative estimate of drug-likeness (QED) is 0.0720. The fraction of sp³-hybridized carbons (Fsp3) is 0.465. The summed E-state index contributed by atoms with van der Waals surface area (Å²) in [7, 11) is 0. The first-order valence-electron chi connectivity index (χ1n) is 20.0. The zero-order valence-corrected chi connectivity index (χ0v) is 34.2. The molecule has 4 aromatic rings. The molecule has 16 nitrogen and oxygen atoms in total. The van der Waals surface area contributed by atoms with Gasteiger partial charge in [-0.15, -0.1) is 10.2 Å². The van der Waals surface area contributed by atoms with Gasteiger partial charge in [-0.05, 0) is 123 Å². The highest BCUT2D eigenvalue weighted by atomic mass is 16.6. The fourth-order valence-electron chi connectivity index (χ4n) is 6.79. The maximum atomic E-state index is 14.0. The molecule has 316 valence electrons. The summed E-state index contributed by atoms with van der Waals surface area (Å²) in [5, 5.41) is 34.6. The van der Waals surface area contributed by atoms with Crippen molar-refractivity contribution in [3.63, 3.8) is 0 Å². The normalized spacial score (nSPS) is 15.8. The number of amides is 4. The van der Waals surface area contributed by atoms with Gasteiger partial charge in [0.05, 0.1) is 33.0 Å². The Kier molecular flexibility index (Phi) is 16.5. The SMILES string of the molecule is Cc1ccc(C(=O)NCCOCCOCCO)cc1-c1cccc(C[C@H](NC(=O)C2CCC(CNC(=O)OC(C)(C)C)CC2)C(=O)Nc2ccc(-c3nn[nH]n3)cc2)c1. The van der Waals surface area contributed by atoms with Crippen molar-refractivity contribution < 1.29 is 38.5 Å². The lowest BCUT2D eigenvalue weighted by atomic mass is 9.81. The summed E-state index contributed by atoms with van der Waals surface area (Å²) in [6.07, 6.45) is 2.53. The molecule has 1 fully saturated rings. The van der Waals surface area contributed by atoms with E-state index in [4.69, 9.17) is 19.3 Å². The zero-order chi connectivity index (χ0) is 42.2. The number of anilines is 1. The molecule has 0 spiro atoms. The maximum absolute atomic E-state index is 14.0. The monoisotopic (exact) mass is 812 g/mol. The predicted molar refractivity (Wildman–Crippen MR) is 221 cm³/mol. The Labute approximate surface area is 344 Å². The van der Waals surface area contributed by atoms with Crippen molar-refractivity contribution in [2.45, 2.75) is 71.4 Å². The van der Waals surface area contributed by atoms with Gasteiger partial charge in [0.25, 0.3) is 5.91 Å². The van der Waals surface area contributed by atoms with Gasteiger partial charge < -0.3 is 40.6 Å². The van der Waals surface area contributed by atoms with Gasteiger partial charge >= 0.3 is 6.09 Å². The summed E-state index contributed by atoms with van der Waals surface area (Å²) in [6.45, 7) is 9.48. The van der Waals surface area contributed by atoms with E-state index in [2.05, 4.69) is 41.9 Å². The molecule has 0 unspecified atom stereocenters. The lowest BCUT2D eigenvalue weighted by Crippen LogP contribution is -2.48. The molecule has 1 aromatic heterocycles. The van der Waals surface area contributed by atoms with Gasteiger partial charge in [-0.2, -0.15) is 5.21 Å². The van der Waals surface area contributed by atoms with E-state index in [9.17, 15) is 19.2 Å². The number of hydrogen-bond donors (Lipinski definition) is 6. The van der Waals surface area contributed by atoms with Crippen LogP contribution in [0.1, 0.15) is 67.9 Å². The van der Waals surface area contributed by atoms with Crippen LogP contribution in [0.15, 0.2) is 66.7 Å². The van der Waals surface area contributed by atoms with Crippen LogP contribution >= 0.6 is 0 Å². The standard InChI is InChI=1S/C43H56N8O8/c1-28-8-11-34(39(53)44-18-20-57-22-23-58-21-19-52)26-36(28)33-7-5-6-30(24-33)25-37(41(55)46-35-16-14-31(15-17-35)38-48-50-51-49-38)47-40(54)32-12-9-29(10-13-32)27-45-42(56)59-43(2,3)4/h5-8,11,14-17,24,26,29,32,37,52H,9-10,12-13,18-23,25,27H2,1-4H3,(H,44,53)(H,45,56)(H,46,55)(H,47,54)(H,48,49,50,51)/t29?,32?,37-/m0/s1. The summed E-state index contributed by atoms with van der Waals surface area (Å²) < 4.78 is 16.0. The first-order valence-corrected chi connectivity index (χ1v) is 20.0. The number of H-pyrrole nitrogens is 1. The Morgan fingerprint density at radius 1 is 0.881 bits per heavy atom.